The standard InChI is InChI=1S/C14H25NO3S/c1-2-3-9-19-11-12(16)15-14(10-13(17)18)7-5-4-6-8-14/h2-11H2,1H3,(H,15,16)(H,17,18). The predicted molar refractivity (Wildman–Crippen MR) is 78.4 cm³/mol. The van der Waals surface area contributed by atoms with Crippen LogP contribution in [0.2, 0.25) is 0 Å². The van der Waals surface area contributed by atoms with Crippen molar-refractivity contribution in [2.75, 3.05) is 11.5 Å². The molecule has 0 aliphatic heterocycles. The number of hydrogen-bond acceptors (Lipinski definition) is 3. The Balaban J connectivity index is 2.43. The van der Waals surface area contributed by atoms with Gasteiger partial charge in [0.1, 0.15) is 0 Å². The second-order valence-electron chi connectivity index (χ2n) is 5.37. The van der Waals surface area contributed by atoms with Crippen molar-refractivity contribution in [1.29, 1.82) is 0 Å². The smallest absolute Gasteiger partial charge is 0.305 e. The molecule has 0 aromatic heterocycles. The average Bonchev–Trinajstić information content (AvgIpc) is 2.34. The Morgan fingerprint density at radius 1 is 1.26 bits per heavy atom. The van der Waals surface area contributed by atoms with E-state index in [-0.39, 0.29) is 12.3 Å². The van der Waals surface area contributed by atoms with E-state index in [0.29, 0.717) is 5.75 Å². The quantitative estimate of drug-likeness (QED) is 0.674. The van der Waals surface area contributed by atoms with Gasteiger partial charge in [0.15, 0.2) is 0 Å². The summed E-state index contributed by atoms with van der Waals surface area (Å²) < 4.78 is 0. The highest BCUT2D eigenvalue weighted by Gasteiger charge is 2.35. The van der Waals surface area contributed by atoms with E-state index in [9.17, 15) is 9.59 Å². The number of carbonyl (C=O) groups is 2. The highest BCUT2D eigenvalue weighted by atomic mass is 32.2. The lowest BCUT2D eigenvalue weighted by Crippen LogP contribution is -2.51. The zero-order valence-electron chi connectivity index (χ0n) is 11.7. The Hall–Kier alpha value is -0.710. The molecule has 0 radical (unpaired) electrons. The third-order valence-corrected chi connectivity index (χ3v) is 4.62. The van der Waals surface area contributed by atoms with E-state index in [1.807, 2.05) is 0 Å². The summed E-state index contributed by atoms with van der Waals surface area (Å²) in [5.74, 6) is 0.613. The molecule has 0 aromatic rings. The largest absolute Gasteiger partial charge is 0.481 e. The van der Waals surface area contributed by atoms with Gasteiger partial charge in [-0.15, -0.1) is 0 Å². The zero-order valence-corrected chi connectivity index (χ0v) is 12.6. The number of nitrogens with one attached hydrogen (secondary N) is 1. The lowest BCUT2D eigenvalue weighted by Gasteiger charge is -2.37. The molecular weight excluding hydrogens is 262 g/mol. The summed E-state index contributed by atoms with van der Waals surface area (Å²) in [6.07, 6.45) is 7.07. The van der Waals surface area contributed by atoms with E-state index in [2.05, 4.69) is 12.2 Å². The fourth-order valence-corrected chi connectivity index (χ4v) is 3.50. The Morgan fingerprint density at radius 2 is 1.95 bits per heavy atom. The van der Waals surface area contributed by atoms with Crippen LogP contribution < -0.4 is 5.32 Å². The number of hydrogen-bond donors (Lipinski definition) is 2. The molecule has 1 amide bonds. The van der Waals surface area contributed by atoms with E-state index in [4.69, 9.17) is 5.11 Å². The minimum atomic E-state index is -0.819. The summed E-state index contributed by atoms with van der Waals surface area (Å²) in [4.78, 5) is 22.9. The van der Waals surface area contributed by atoms with Crippen LogP contribution in [0.5, 0.6) is 0 Å². The predicted octanol–water partition coefficient (Wildman–Crippen LogP) is 2.81. The molecule has 1 aliphatic rings. The van der Waals surface area contributed by atoms with E-state index >= 15 is 0 Å². The van der Waals surface area contributed by atoms with Gasteiger partial charge in [-0.05, 0) is 25.0 Å². The molecule has 0 bridgehead atoms. The molecule has 1 fully saturated rings. The van der Waals surface area contributed by atoms with Gasteiger partial charge < -0.3 is 10.4 Å². The summed E-state index contributed by atoms with van der Waals surface area (Å²) in [7, 11) is 0. The van der Waals surface area contributed by atoms with Crippen LogP contribution in [-0.4, -0.2) is 34.0 Å². The van der Waals surface area contributed by atoms with Crippen LogP contribution in [0.25, 0.3) is 0 Å². The number of rotatable bonds is 8. The van der Waals surface area contributed by atoms with Crippen molar-refractivity contribution in [2.24, 2.45) is 0 Å². The molecule has 0 heterocycles. The second-order valence-corrected chi connectivity index (χ2v) is 6.47. The fourth-order valence-electron chi connectivity index (χ4n) is 2.61. The van der Waals surface area contributed by atoms with Crippen LogP contribution in [0.1, 0.15) is 58.3 Å². The molecule has 0 atom stereocenters. The van der Waals surface area contributed by atoms with Crippen LogP contribution in [0.3, 0.4) is 0 Å². The third kappa shape index (κ3) is 6.32. The molecule has 0 spiro atoms. The van der Waals surface area contributed by atoms with Crippen LogP contribution in [0.15, 0.2) is 0 Å². The first-order valence-corrected chi connectivity index (χ1v) is 8.34. The molecular formula is C14H25NO3S. The molecule has 110 valence electrons. The van der Waals surface area contributed by atoms with E-state index in [1.165, 1.54) is 0 Å². The zero-order chi connectivity index (χ0) is 14.1. The maximum atomic E-state index is 11.9. The van der Waals surface area contributed by atoms with Gasteiger partial charge in [-0.3, -0.25) is 9.59 Å². The van der Waals surface area contributed by atoms with Crippen molar-refractivity contribution in [3.63, 3.8) is 0 Å². The number of carboxylic acid groups (broad SMARTS) is 1. The lowest BCUT2D eigenvalue weighted by molar-refractivity contribution is -0.139. The summed E-state index contributed by atoms with van der Waals surface area (Å²) in [6, 6.07) is 0. The molecule has 19 heavy (non-hydrogen) atoms. The first kappa shape index (κ1) is 16.3. The third-order valence-electron chi connectivity index (χ3n) is 3.58. The summed E-state index contributed by atoms with van der Waals surface area (Å²) in [6.45, 7) is 2.13. The maximum absolute atomic E-state index is 11.9. The molecule has 5 heteroatoms. The van der Waals surface area contributed by atoms with Gasteiger partial charge >= 0.3 is 5.97 Å². The van der Waals surface area contributed by atoms with Crippen molar-refractivity contribution in [1.82, 2.24) is 5.32 Å². The Kier molecular flexibility index (Phi) is 7.28. The number of thioether (sulfide) groups is 1. The van der Waals surface area contributed by atoms with Gasteiger partial charge in [0.25, 0.3) is 0 Å². The van der Waals surface area contributed by atoms with E-state index in [1.54, 1.807) is 11.8 Å². The fraction of sp³-hybridized carbons (Fsp3) is 0.857. The number of aliphatic carboxylic acids is 1. The Bertz CT molecular complexity index is 301. The van der Waals surface area contributed by atoms with Gasteiger partial charge in [-0.25, -0.2) is 0 Å². The first-order valence-electron chi connectivity index (χ1n) is 7.18. The first-order chi connectivity index (χ1) is 9.08. The molecule has 0 unspecified atom stereocenters. The number of carbonyl (C=O) groups excluding carboxylic acids is 1. The van der Waals surface area contributed by atoms with Crippen molar-refractivity contribution in [2.45, 2.75) is 63.8 Å². The highest BCUT2D eigenvalue weighted by molar-refractivity contribution is 7.99. The van der Waals surface area contributed by atoms with E-state index in [0.717, 1.165) is 50.7 Å². The minimum Gasteiger partial charge on any atom is -0.481 e. The molecule has 4 nitrogen and oxygen atoms in total. The van der Waals surface area contributed by atoms with Gasteiger partial charge in [-0.2, -0.15) is 11.8 Å². The normalized spacial score (nSPS) is 17.9. The summed E-state index contributed by atoms with van der Waals surface area (Å²) in [5, 5.41) is 12.0. The molecule has 1 saturated carbocycles. The molecule has 1 aliphatic carbocycles. The van der Waals surface area contributed by atoms with Gasteiger partial charge in [-0.1, -0.05) is 32.6 Å². The SMILES string of the molecule is CCCCSCC(=O)NC1(CC(=O)O)CCCCC1. The summed E-state index contributed by atoms with van der Waals surface area (Å²) >= 11 is 1.63. The van der Waals surface area contributed by atoms with Gasteiger partial charge in [0.2, 0.25) is 5.91 Å². The molecule has 1 rings (SSSR count). The van der Waals surface area contributed by atoms with Crippen LogP contribution >= 0.6 is 11.8 Å². The topological polar surface area (TPSA) is 66.4 Å². The summed E-state index contributed by atoms with van der Waals surface area (Å²) in [5.41, 5.74) is -0.494. The van der Waals surface area contributed by atoms with Crippen molar-refractivity contribution in [3.05, 3.63) is 0 Å². The highest BCUT2D eigenvalue weighted by Crippen LogP contribution is 2.31. The van der Waals surface area contributed by atoms with Crippen molar-refractivity contribution in [3.8, 4) is 0 Å². The van der Waals surface area contributed by atoms with Crippen LogP contribution in [-0.2, 0) is 9.59 Å². The van der Waals surface area contributed by atoms with Crippen molar-refractivity contribution >= 4 is 23.6 Å². The number of carboxylic acids is 1. The molecule has 2 N–H and O–H groups in total. The number of amides is 1. The maximum Gasteiger partial charge on any atom is 0.305 e. The van der Waals surface area contributed by atoms with E-state index < -0.39 is 11.5 Å². The van der Waals surface area contributed by atoms with Gasteiger partial charge in [0.05, 0.1) is 17.7 Å². The molecule has 0 aromatic carbocycles. The average molecular weight is 287 g/mol. The molecule has 0 saturated heterocycles. The second kappa shape index (κ2) is 8.46. The number of unbranched alkanes of at least 4 members (excludes halogenated alkanes) is 1. The Labute approximate surface area is 119 Å². The van der Waals surface area contributed by atoms with Crippen LogP contribution in [0.4, 0.5) is 0 Å². The van der Waals surface area contributed by atoms with Crippen LogP contribution in [0, 0.1) is 0 Å². The lowest BCUT2D eigenvalue weighted by atomic mass is 9.79. The minimum absolute atomic E-state index is 0.00995. The van der Waals surface area contributed by atoms with Gasteiger partial charge in [0, 0.05) is 0 Å². The monoisotopic (exact) mass is 287 g/mol. The Morgan fingerprint density at radius 3 is 2.53 bits per heavy atom. The van der Waals surface area contributed by atoms with Crippen molar-refractivity contribution < 1.29 is 14.7 Å².